The molecule has 2 aromatic carbocycles. The molecule has 0 radical (unpaired) electrons. The number of halogens is 2. The zero-order valence-electron chi connectivity index (χ0n) is 17.2. The largest absolute Gasteiger partial charge is 0.466 e. The molecule has 3 aromatic rings. The number of ether oxygens (including phenoxy) is 1. The normalized spacial score (nSPS) is 15.8. The quantitative estimate of drug-likeness (QED) is 0.307. The molecule has 33 heavy (non-hydrogen) atoms. The fourth-order valence-electron chi connectivity index (χ4n) is 3.60. The van der Waals surface area contributed by atoms with Gasteiger partial charge in [-0.15, -0.1) is 0 Å². The zero-order chi connectivity index (χ0) is 23.9. The molecule has 168 valence electrons. The molecule has 1 aliphatic rings. The molecule has 1 unspecified atom stereocenters. The molecule has 1 atom stereocenters. The summed E-state index contributed by atoms with van der Waals surface area (Å²) in [6.07, 6.45) is 1.67. The summed E-state index contributed by atoms with van der Waals surface area (Å²) >= 11 is 13.2. The van der Waals surface area contributed by atoms with E-state index in [0.29, 0.717) is 25.6 Å². The van der Waals surface area contributed by atoms with Crippen LogP contribution in [0.5, 0.6) is 0 Å². The van der Waals surface area contributed by atoms with E-state index in [1.165, 1.54) is 29.9 Å². The van der Waals surface area contributed by atoms with Crippen molar-refractivity contribution in [1.29, 1.82) is 0 Å². The van der Waals surface area contributed by atoms with Crippen molar-refractivity contribution < 1.29 is 14.5 Å². The van der Waals surface area contributed by atoms with Crippen LogP contribution < -0.4 is 14.9 Å². The molecular weight excluding hydrogens is 489 g/mol. The summed E-state index contributed by atoms with van der Waals surface area (Å²) in [4.78, 5) is 41.7. The monoisotopic (exact) mass is 503 g/mol. The third kappa shape index (κ3) is 4.22. The Bertz CT molecular complexity index is 1520. The second kappa shape index (κ2) is 8.93. The van der Waals surface area contributed by atoms with Crippen LogP contribution in [0.3, 0.4) is 0 Å². The van der Waals surface area contributed by atoms with Crippen molar-refractivity contribution in [3.05, 3.63) is 105 Å². The number of carbonyl (C=O) groups is 1. The number of hydrogen-bond acceptors (Lipinski definition) is 7. The maximum absolute atomic E-state index is 13.5. The van der Waals surface area contributed by atoms with Crippen LogP contribution in [-0.4, -0.2) is 22.6 Å². The zero-order valence-corrected chi connectivity index (χ0v) is 19.6. The molecular formula is C22H15Cl2N3O5S. The first-order valence-corrected chi connectivity index (χ1v) is 11.1. The van der Waals surface area contributed by atoms with E-state index in [-0.39, 0.29) is 16.3 Å². The number of esters is 1. The summed E-state index contributed by atoms with van der Waals surface area (Å²) in [6.45, 7) is 1.62. The Hall–Kier alpha value is -3.27. The van der Waals surface area contributed by atoms with Crippen LogP contribution in [-0.2, 0) is 9.53 Å². The Balaban J connectivity index is 2.01. The number of hydrogen-bond donors (Lipinski definition) is 0. The van der Waals surface area contributed by atoms with Gasteiger partial charge in [0.2, 0.25) is 0 Å². The van der Waals surface area contributed by atoms with Gasteiger partial charge in [0, 0.05) is 11.1 Å². The second-order valence-corrected chi connectivity index (χ2v) is 8.95. The van der Waals surface area contributed by atoms with Crippen molar-refractivity contribution in [3.63, 3.8) is 0 Å². The number of nitro groups is 1. The predicted molar refractivity (Wildman–Crippen MR) is 125 cm³/mol. The maximum atomic E-state index is 13.5. The van der Waals surface area contributed by atoms with Crippen molar-refractivity contribution >= 4 is 52.3 Å². The van der Waals surface area contributed by atoms with E-state index >= 15 is 0 Å². The minimum Gasteiger partial charge on any atom is -0.466 e. The Morgan fingerprint density at radius 3 is 2.70 bits per heavy atom. The third-order valence-electron chi connectivity index (χ3n) is 5.06. The van der Waals surface area contributed by atoms with Gasteiger partial charge in [0.25, 0.3) is 11.2 Å². The van der Waals surface area contributed by atoms with Crippen LogP contribution in [0.4, 0.5) is 5.69 Å². The Morgan fingerprint density at radius 2 is 2.03 bits per heavy atom. The van der Waals surface area contributed by atoms with Gasteiger partial charge in [-0.2, -0.15) is 0 Å². The summed E-state index contributed by atoms with van der Waals surface area (Å²) in [5.41, 5.74) is 0.756. The number of allylic oxidation sites excluding steroid dienone is 1. The van der Waals surface area contributed by atoms with Crippen molar-refractivity contribution in [1.82, 2.24) is 4.57 Å². The average molecular weight is 504 g/mol. The van der Waals surface area contributed by atoms with Crippen LogP contribution in [0.25, 0.3) is 6.08 Å². The number of carbonyl (C=O) groups excluding carboxylic acids is 1. The number of aromatic nitrogens is 1. The highest BCUT2D eigenvalue weighted by Gasteiger charge is 2.34. The van der Waals surface area contributed by atoms with E-state index in [2.05, 4.69) is 4.99 Å². The summed E-state index contributed by atoms with van der Waals surface area (Å²) in [7, 11) is 1.22. The second-order valence-electron chi connectivity index (χ2n) is 7.10. The van der Waals surface area contributed by atoms with Crippen LogP contribution in [0.15, 0.2) is 63.5 Å². The Kier molecular flexibility index (Phi) is 6.20. The van der Waals surface area contributed by atoms with E-state index in [9.17, 15) is 19.7 Å². The number of rotatable bonds is 4. The lowest BCUT2D eigenvalue weighted by Gasteiger charge is -2.24. The van der Waals surface area contributed by atoms with Crippen molar-refractivity contribution in [2.75, 3.05) is 7.11 Å². The van der Waals surface area contributed by atoms with Gasteiger partial charge >= 0.3 is 5.97 Å². The lowest BCUT2D eigenvalue weighted by atomic mass is 9.95. The maximum Gasteiger partial charge on any atom is 0.338 e. The molecule has 0 saturated heterocycles. The summed E-state index contributed by atoms with van der Waals surface area (Å²) in [6, 6.07) is 10.2. The van der Waals surface area contributed by atoms with Gasteiger partial charge in [-0.05, 0) is 42.3 Å². The fourth-order valence-corrected chi connectivity index (χ4v) is 5.03. The van der Waals surface area contributed by atoms with Crippen LogP contribution in [0.2, 0.25) is 10.0 Å². The minimum absolute atomic E-state index is 0.0579. The van der Waals surface area contributed by atoms with Gasteiger partial charge in [-0.3, -0.25) is 19.5 Å². The molecule has 1 aliphatic heterocycles. The van der Waals surface area contributed by atoms with Crippen molar-refractivity contribution in [2.45, 2.75) is 13.0 Å². The van der Waals surface area contributed by atoms with Crippen LogP contribution in [0.1, 0.15) is 24.1 Å². The van der Waals surface area contributed by atoms with Crippen LogP contribution in [0, 0.1) is 10.1 Å². The Labute approximate surface area is 200 Å². The molecule has 0 N–H and O–H groups in total. The average Bonchev–Trinajstić information content (AvgIpc) is 3.07. The number of nitro benzene ring substituents is 1. The van der Waals surface area contributed by atoms with Crippen LogP contribution >= 0.6 is 34.5 Å². The minimum atomic E-state index is -0.980. The summed E-state index contributed by atoms with van der Waals surface area (Å²) in [5, 5.41) is 11.9. The van der Waals surface area contributed by atoms with E-state index in [1.54, 1.807) is 37.3 Å². The highest BCUT2D eigenvalue weighted by Crippen LogP contribution is 2.34. The SMILES string of the molecule is COC(=O)C1=C(C)N=c2sc(=Cc3cccc(Cl)c3)c(=O)n2C1c1ccc(Cl)c([N+](=O)[O-])c1. The van der Waals surface area contributed by atoms with E-state index in [1.807, 2.05) is 0 Å². The molecule has 8 nitrogen and oxygen atoms in total. The van der Waals surface area contributed by atoms with Gasteiger partial charge in [-0.1, -0.05) is 52.7 Å². The Morgan fingerprint density at radius 1 is 1.27 bits per heavy atom. The smallest absolute Gasteiger partial charge is 0.338 e. The molecule has 0 bridgehead atoms. The molecule has 2 heterocycles. The van der Waals surface area contributed by atoms with Gasteiger partial charge in [-0.25, -0.2) is 9.79 Å². The number of thiazole rings is 1. The van der Waals surface area contributed by atoms with Gasteiger partial charge in [0.05, 0.1) is 33.9 Å². The van der Waals surface area contributed by atoms with E-state index in [0.717, 1.165) is 16.9 Å². The highest BCUT2D eigenvalue weighted by atomic mass is 35.5. The molecule has 0 spiro atoms. The van der Waals surface area contributed by atoms with Gasteiger partial charge in [0.1, 0.15) is 5.02 Å². The third-order valence-corrected chi connectivity index (χ3v) is 6.59. The number of fused-ring (bicyclic) bond motifs is 1. The van der Waals surface area contributed by atoms with E-state index < -0.39 is 22.5 Å². The van der Waals surface area contributed by atoms with E-state index in [4.69, 9.17) is 27.9 Å². The number of methoxy groups -OCH3 is 1. The standard InChI is InChI=1S/C22H15Cl2N3O5S/c1-11-18(21(29)32-2)19(13-6-7-15(24)16(10-13)27(30)31)26-20(28)17(33-22(26)25-11)9-12-4-3-5-14(23)8-12/h3-10,19H,1-2H3. The highest BCUT2D eigenvalue weighted by molar-refractivity contribution is 7.07. The van der Waals surface area contributed by atoms with Gasteiger partial charge < -0.3 is 4.74 Å². The molecule has 0 amide bonds. The summed E-state index contributed by atoms with van der Waals surface area (Å²) in [5.74, 6) is -0.692. The number of nitrogens with zero attached hydrogens (tertiary/aromatic N) is 3. The van der Waals surface area contributed by atoms with Crippen molar-refractivity contribution in [3.8, 4) is 0 Å². The van der Waals surface area contributed by atoms with Crippen molar-refractivity contribution in [2.24, 2.45) is 4.99 Å². The lowest BCUT2D eigenvalue weighted by molar-refractivity contribution is -0.384. The molecule has 11 heteroatoms. The summed E-state index contributed by atoms with van der Waals surface area (Å²) < 4.78 is 6.64. The first kappa shape index (κ1) is 22.9. The lowest BCUT2D eigenvalue weighted by Crippen LogP contribution is -2.39. The molecule has 0 aliphatic carbocycles. The fraction of sp³-hybridized carbons (Fsp3) is 0.136. The topological polar surface area (TPSA) is 104 Å². The number of benzene rings is 2. The first-order valence-electron chi connectivity index (χ1n) is 9.51. The molecule has 0 fully saturated rings. The van der Waals surface area contributed by atoms with Gasteiger partial charge in [0.15, 0.2) is 4.80 Å². The predicted octanol–water partition coefficient (Wildman–Crippen LogP) is 3.62. The molecule has 0 saturated carbocycles. The first-order chi connectivity index (χ1) is 15.7. The molecule has 1 aromatic heterocycles. The molecule has 4 rings (SSSR count).